The van der Waals surface area contributed by atoms with Gasteiger partial charge in [-0.25, -0.2) is 0 Å². The molecule has 2 N–H and O–H groups in total. The second kappa shape index (κ2) is 4.56. The van der Waals surface area contributed by atoms with Gasteiger partial charge < -0.3 is 10.5 Å². The van der Waals surface area contributed by atoms with E-state index in [0.29, 0.717) is 0 Å². The zero-order valence-electron chi connectivity index (χ0n) is 10.2. The maximum Gasteiger partial charge on any atom is 0.0583 e. The number of rotatable bonds is 5. The number of benzene rings is 1. The Kier molecular flexibility index (Phi) is 3.31. The molecule has 0 heterocycles. The highest BCUT2D eigenvalue weighted by atomic mass is 16.5. The molecular weight excluding hydrogens is 198 g/mol. The molecule has 1 saturated carbocycles. The van der Waals surface area contributed by atoms with Gasteiger partial charge in [0.25, 0.3) is 0 Å². The van der Waals surface area contributed by atoms with Gasteiger partial charge in [-0.15, -0.1) is 0 Å². The first-order valence-electron chi connectivity index (χ1n) is 6.01. The number of methoxy groups -OCH3 is 1. The predicted octanol–water partition coefficient (Wildman–Crippen LogP) is 2.30. The molecule has 1 atom stereocenters. The van der Waals surface area contributed by atoms with Gasteiger partial charge in [-0.2, -0.15) is 0 Å². The molecule has 0 bridgehead atoms. The molecule has 1 aliphatic rings. The molecule has 0 spiro atoms. The number of nitrogens with two attached hydrogens (primary N) is 1. The van der Waals surface area contributed by atoms with Gasteiger partial charge in [-0.05, 0) is 43.7 Å². The number of hydrogen-bond donors (Lipinski definition) is 1. The summed E-state index contributed by atoms with van der Waals surface area (Å²) in [4.78, 5) is 0. The van der Waals surface area contributed by atoms with E-state index in [4.69, 9.17) is 10.5 Å². The van der Waals surface area contributed by atoms with Crippen LogP contribution in [0.2, 0.25) is 0 Å². The molecule has 16 heavy (non-hydrogen) atoms. The summed E-state index contributed by atoms with van der Waals surface area (Å²) in [6, 6.07) is 8.73. The molecule has 0 radical (unpaired) electrons. The van der Waals surface area contributed by atoms with Crippen LogP contribution in [0.15, 0.2) is 24.3 Å². The Labute approximate surface area is 97.8 Å². The lowest BCUT2D eigenvalue weighted by Crippen LogP contribution is -2.24. The lowest BCUT2D eigenvalue weighted by atomic mass is 10.0. The largest absolute Gasteiger partial charge is 0.381 e. The van der Waals surface area contributed by atoms with E-state index in [1.807, 2.05) is 0 Å². The summed E-state index contributed by atoms with van der Waals surface area (Å²) in [5, 5.41) is 0. The topological polar surface area (TPSA) is 35.2 Å². The Balaban J connectivity index is 2.01. The van der Waals surface area contributed by atoms with Crippen molar-refractivity contribution in [1.29, 1.82) is 0 Å². The molecule has 2 rings (SSSR count). The summed E-state index contributed by atoms with van der Waals surface area (Å²) in [5.74, 6) is 0. The van der Waals surface area contributed by atoms with Crippen LogP contribution in [0.3, 0.4) is 0 Å². The Bertz CT molecular complexity index is 358. The van der Waals surface area contributed by atoms with Crippen LogP contribution in [0, 0.1) is 0 Å². The van der Waals surface area contributed by atoms with Crippen molar-refractivity contribution in [2.45, 2.75) is 44.2 Å². The molecule has 0 saturated heterocycles. The maximum atomic E-state index is 6.13. The Morgan fingerprint density at radius 1 is 1.38 bits per heavy atom. The second-order valence-corrected chi connectivity index (χ2v) is 5.11. The third-order valence-corrected chi connectivity index (χ3v) is 3.37. The van der Waals surface area contributed by atoms with E-state index in [0.717, 1.165) is 12.8 Å². The van der Waals surface area contributed by atoms with Crippen LogP contribution in [-0.2, 0) is 17.6 Å². The van der Waals surface area contributed by atoms with Crippen molar-refractivity contribution < 1.29 is 4.74 Å². The van der Waals surface area contributed by atoms with Crippen LogP contribution in [0.4, 0.5) is 0 Å². The number of hydrogen-bond acceptors (Lipinski definition) is 2. The lowest BCUT2D eigenvalue weighted by Gasteiger charge is -2.12. The molecule has 1 aromatic carbocycles. The highest BCUT2D eigenvalue weighted by Gasteiger charge is 2.37. The zero-order chi connectivity index (χ0) is 11.6. The molecule has 1 fully saturated rings. The van der Waals surface area contributed by atoms with Crippen LogP contribution in [0.25, 0.3) is 0 Å². The van der Waals surface area contributed by atoms with E-state index in [2.05, 4.69) is 31.2 Å². The van der Waals surface area contributed by atoms with Gasteiger partial charge in [0.05, 0.1) is 6.10 Å². The van der Waals surface area contributed by atoms with Gasteiger partial charge in [0.15, 0.2) is 0 Å². The average molecular weight is 219 g/mol. The van der Waals surface area contributed by atoms with Crippen LogP contribution in [-0.4, -0.2) is 18.8 Å². The van der Waals surface area contributed by atoms with Crippen molar-refractivity contribution in [2.24, 2.45) is 5.73 Å². The first kappa shape index (κ1) is 11.6. The normalized spacial score (nSPS) is 19.4. The first-order chi connectivity index (χ1) is 7.61. The van der Waals surface area contributed by atoms with E-state index in [1.165, 1.54) is 24.0 Å². The molecule has 1 unspecified atom stereocenters. The fraction of sp³-hybridized carbons (Fsp3) is 0.571. The Hall–Kier alpha value is -0.860. The Morgan fingerprint density at radius 3 is 2.69 bits per heavy atom. The molecular formula is C14H21NO. The molecule has 0 aliphatic heterocycles. The molecule has 2 heteroatoms. The molecule has 1 aliphatic carbocycles. The van der Waals surface area contributed by atoms with E-state index in [-0.39, 0.29) is 11.6 Å². The summed E-state index contributed by atoms with van der Waals surface area (Å²) in [7, 11) is 1.76. The fourth-order valence-electron chi connectivity index (χ4n) is 2.03. The van der Waals surface area contributed by atoms with Crippen molar-refractivity contribution in [3.8, 4) is 0 Å². The van der Waals surface area contributed by atoms with Gasteiger partial charge in [-0.1, -0.05) is 24.3 Å². The summed E-state index contributed by atoms with van der Waals surface area (Å²) in [5.41, 5.74) is 8.94. The fourth-order valence-corrected chi connectivity index (χ4v) is 2.03. The van der Waals surface area contributed by atoms with Gasteiger partial charge in [0.1, 0.15) is 0 Å². The maximum absolute atomic E-state index is 6.13. The predicted molar refractivity (Wildman–Crippen MR) is 66.5 cm³/mol. The smallest absolute Gasteiger partial charge is 0.0583 e. The minimum absolute atomic E-state index is 0.103. The molecule has 88 valence electrons. The third-order valence-electron chi connectivity index (χ3n) is 3.37. The van der Waals surface area contributed by atoms with Crippen molar-refractivity contribution in [2.75, 3.05) is 7.11 Å². The van der Waals surface area contributed by atoms with E-state index >= 15 is 0 Å². The van der Waals surface area contributed by atoms with E-state index in [1.54, 1.807) is 7.11 Å². The van der Waals surface area contributed by atoms with Crippen molar-refractivity contribution >= 4 is 0 Å². The molecule has 2 nitrogen and oxygen atoms in total. The first-order valence-corrected chi connectivity index (χ1v) is 6.01. The quantitative estimate of drug-likeness (QED) is 0.824. The molecule has 1 aromatic rings. The minimum Gasteiger partial charge on any atom is -0.381 e. The standard InChI is InChI=1S/C14H21NO/c1-11(16-2)8-12-4-3-5-13(9-12)10-14(15)6-7-14/h3-5,9,11H,6-8,10,15H2,1-2H3. The highest BCUT2D eigenvalue weighted by Crippen LogP contribution is 2.35. The average Bonchev–Trinajstić information content (AvgIpc) is 2.96. The second-order valence-electron chi connectivity index (χ2n) is 5.11. The van der Waals surface area contributed by atoms with Crippen molar-refractivity contribution in [1.82, 2.24) is 0 Å². The van der Waals surface area contributed by atoms with Gasteiger partial charge in [0.2, 0.25) is 0 Å². The van der Waals surface area contributed by atoms with Gasteiger partial charge >= 0.3 is 0 Å². The van der Waals surface area contributed by atoms with Crippen LogP contribution < -0.4 is 5.73 Å². The minimum atomic E-state index is 0.103. The van der Waals surface area contributed by atoms with Crippen molar-refractivity contribution in [3.05, 3.63) is 35.4 Å². The van der Waals surface area contributed by atoms with E-state index in [9.17, 15) is 0 Å². The highest BCUT2D eigenvalue weighted by molar-refractivity contribution is 5.27. The van der Waals surface area contributed by atoms with Crippen LogP contribution >= 0.6 is 0 Å². The SMILES string of the molecule is COC(C)Cc1cccc(CC2(N)CC2)c1. The van der Waals surface area contributed by atoms with Gasteiger partial charge in [0, 0.05) is 12.6 Å². The third kappa shape index (κ3) is 3.06. The summed E-state index contributed by atoms with van der Waals surface area (Å²) < 4.78 is 5.28. The van der Waals surface area contributed by atoms with Gasteiger partial charge in [-0.3, -0.25) is 0 Å². The lowest BCUT2D eigenvalue weighted by molar-refractivity contribution is 0.119. The number of ether oxygens (including phenoxy) is 1. The summed E-state index contributed by atoms with van der Waals surface area (Å²) in [6.07, 6.45) is 4.62. The zero-order valence-corrected chi connectivity index (χ0v) is 10.2. The van der Waals surface area contributed by atoms with E-state index < -0.39 is 0 Å². The molecule has 0 aromatic heterocycles. The summed E-state index contributed by atoms with van der Waals surface area (Å²) >= 11 is 0. The van der Waals surface area contributed by atoms with Crippen LogP contribution in [0.1, 0.15) is 30.9 Å². The molecule has 0 amide bonds. The Morgan fingerprint density at radius 2 is 2.06 bits per heavy atom. The van der Waals surface area contributed by atoms with Crippen LogP contribution in [0.5, 0.6) is 0 Å². The van der Waals surface area contributed by atoms with Crippen molar-refractivity contribution in [3.63, 3.8) is 0 Å². The monoisotopic (exact) mass is 219 g/mol. The summed E-state index contributed by atoms with van der Waals surface area (Å²) in [6.45, 7) is 2.10.